The number of aromatic nitrogens is 2. The summed E-state index contributed by atoms with van der Waals surface area (Å²) in [6.45, 7) is 4.00. The highest BCUT2D eigenvalue weighted by molar-refractivity contribution is 9.10. The van der Waals surface area contributed by atoms with Gasteiger partial charge in [-0.1, -0.05) is 23.2 Å². The Bertz CT molecular complexity index is 1270. The first kappa shape index (κ1) is 31.5. The zero-order valence-corrected chi connectivity index (χ0v) is 25.0. The van der Waals surface area contributed by atoms with Crippen LogP contribution in [0.4, 0.5) is 5.69 Å². The van der Waals surface area contributed by atoms with E-state index in [-0.39, 0.29) is 49.8 Å². The molecule has 37 heavy (non-hydrogen) atoms. The Kier molecular flexibility index (Phi) is 11.8. The monoisotopic (exact) mass is 653 g/mol. The summed E-state index contributed by atoms with van der Waals surface area (Å²) in [4.78, 5) is 33.0. The molecule has 8 nitrogen and oxygen atoms in total. The van der Waals surface area contributed by atoms with Crippen molar-refractivity contribution < 1.29 is 14.3 Å². The van der Waals surface area contributed by atoms with E-state index in [1.165, 1.54) is 4.90 Å². The minimum Gasteiger partial charge on any atom is -0.485 e. The van der Waals surface area contributed by atoms with Crippen molar-refractivity contribution in [3.05, 3.63) is 56.4 Å². The number of anilines is 1. The van der Waals surface area contributed by atoms with Gasteiger partial charge in [-0.25, -0.2) is 4.98 Å². The van der Waals surface area contributed by atoms with Crippen LogP contribution in [-0.2, 0) is 16.2 Å². The molecule has 4 rings (SSSR count). The van der Waals surface area contributed by atoms with Gasteiger partial charge in [-0.2, -0.15) is 0 Å². The van der Waals surface area contributed by atoms with Crippen molar-refractivity contribution in [1.29, 1.82) is 0 Å². The second-order valence-electron chi connectivity index (χ2n) is 8.41. The number of carbonyl (C=O) groups is 2. The number of aryl methyl sites for hydroxylation is 1. The van der Waals surface area contributed by atoms with Crippen molar-refractivity contribution in [3.63, 3.8) is 0 Å². The molecule has 202 valence electrons. The van der Waals surface area contributed by atoms with Gasteiger partial charge in [0.1, 0.15) is 11.2 Å². The van der Waals surface area contributed by atoms with Gasteiger partial charge in [0.15, 0.2) is 11.4 Å². The van der Waals surface area contributed by atoms with Gasteiger partial charge in [-0.05, 0) is 73.1 Å². The summed E-state index contributed by atoms with van der Waals surface area (Å²) < 4.78 is 8.77. The largest absolute Gasteiger partial charge is 0.485 e. The first-order valence-corrected chi connectivity index (χ1v) is 12.8. The van der Waals surface area contributed by atoms with Crippen molar-refractivity contribution in [2.24, 2.45) is 0 Å². The lowest BCUT2D eigenvalue weighted by atomic mass is 10.2. The zero-order chi connectivity index (χ0) is 25.1. The predicted molar refractivity (Wildman–Crippen MR) is 155 cm³/mol. The highest BCUT2D eigenvalue weighted by Gasteiger charge is 2.21. The van der Waals surface area contributed by atoms with Gasteiger partial charge in [-0.15, -0.1) is 24.8 Å². The van der Waals surface area contributed by atoms with E-state index in [2.05, 4.69) is 31.1 Å². The minimum atomic E-state index is -0.293. The number of nitrogens with one attached hydrogen (secondary N) is 1. The number of fused-ring (bicyclic) bond motifs is 1. The lowest BCUT2D eigenvalue weighted by molar-refractivity contribution is -0.125. The quantitative estimate of drug-likeness (QED) is 0.356. The molecule has 1 saturated heterocycles. The number of halogens is 5. The highest BCUT2D eigenvalue weighted by Crippen LogP contribution is 2.35. The van der Waals surface area contributed by atoms with Gasteiger partial charge >= 0.3 is 0 Å². The highest BCUT2D eigenvalue weighted by atomic mass is 79.9. The van der Waals surface area contributed by atoms with Gasteiger partial charge in [0.05, 0.1) is 29.5 Å². The van der Waals surface area contributed by atoms with Crippen molar-refractivity contribution in [3.8, 4) is 5.75 Å². The van der Waals surface area contributed by atoms with E-state index >= 15 is 0 Å². The summed E-state index contributed by atoms with van der Waals surface area (Å²) in [5.74, 6) is 0.113. The number of carbonyl (C=O) groups excluding carboxylic acids is 2. The van der Waals surface area contributed by atoms with Gasteiger partial charge in [0.2, 0.25) is 11.8 Å². The molecular formula is C24H28BrCl4N5O3. The number of hydrogen-bond donors (Lipinski definition) is 1. The summed E-state index contributed by atoms with van der Waals surface area (Å²) in [5.41, 5.74) is 2.53. The summed E-state index contributed by atoms with van der Waals surface area (Å²) in [5, 5.41) is 3.43. The van der Waals surface area contributed by atoms with E-state index in [1.54, 1.807) is 19.2 Å². The van der Waals surface area contributed by atoms with Crippen molar-refractivity contribution in [2.75, 3.05) is 38.1 Å². The van der Waals surface area contributed by atoms with E-state index in [0.29, 0.717) is 39.2 Å². The molecule has 0 aliphatic carbocycles. The SMILES string of the molecule is Cc1nc2c(OCc3c(Cl)ccc(N(C)C(=O)CNC(=O)CN4CCCC4)c3Cl)cccn2c1Br.Cl.Cl. The Balaban J connectivity index is 0.00000241. The molecule has 1 aliphatic heterocycles. The molecule has 3 heterocycles. The number of amides is 2. The van der Waals surface area contributed by atoms with Crippen LogP contribution in [0.15, 0.2) is 35.1 Å². The van der Waals surface area contributed by atoms with Crippen LogP contribution in [0.25, 0.3) is 5.65 Å². The number of pyridine rings is 1. The maximum absolute atomic E-state index is 12.8. The molecule has 0 spiro atoms. The molecule has 0 unspecified atom stereocenters. The minimum absolute atomic E-state index is 0. The van der Waals surface area contributed by atoms with Crippen LogP contribution >= 0.6 is 63.9 Å². The van der Waals surface area contributed by atoms with E-state index in [4.69, 9.17) is 27.9 Å². The Morgan fingerprint density at radius 2 is 1.89 bits per heavy atom. The Labute approximate surface area is 246 Å². The van der Waals surface area contributed by atoms with Gasteiger partial charge < -0.3 is 15.0 Å². The molecule has 1 aromatic carbocycles. The standard InChI is InChI=1S/C24H26BrCl2N5O3.2ClH/c1-15-23(25)32-11-5-6-19(24(32)29-15)35-14-16-17(26)7-8-18(22(16)27)30(2)21(34)12-28-20(33)13-31-9-3-4-10-31;;/h5-8,11H,3-4,9-10,12-14H2,1-2H3,(H,28,33);2*1H. The lowest BCUT2D eigenvalue weighted by Crippen LogP contribution is -2.42. The third-order valence-electron chi connectivity index (χ3n) is 5.99. The predicted octanol–water partition coefficient (Wildman–Crippen LogP) is 5.31. The van der Waals surface area contributed by atoms with E-state index in [9.17, 15) is 9.59 Å². The molecule has 0 atom stereocenters. The third kappa shape index (κ3) is 7.22. The molecule has 2 amide bonds. The van der Waals surface area contributed by atoms with Crippen molar-refractivity contribution >= 4 is 87.1 Å². The van der Waals surface area contributed by atoms with E-state index < -0.39 is 0 Å². The first-order valence-electron chi connectivity index (χ1n) is 11.2. The van der Waals surface area contributed by atoms with Crippen LogP contribution in [0.5, 0.6) is 5.75 Å². The van der Waals surface area contributed by atoms with Crippen LogP contribution in [0.3, 0.4) is 0 Å². The van der Waals surface area contributed by atoms with Crippen LogP contribution in [0.1, 0.15) is 24.1 Å². The summed E-state index contributed by atoms with van der Waals surface area (Å²) >= 11 is 16.6. The third-order valence-corrected chi connectivity index (χ3v) is 7.72. The molecule has 3 aromatic rings. The fraction of sp³-hybridized carbons (Fsp3) is 0.375. The number of ether oxygens (including phenoxy) is 1. The number of nitrogens with zero attached hydrogens (tertiary/aromatic N) is 4. The number of hydrogen-bond acceptors (Lipinski definition) is 5. The molecule has 2 aromatic heterocycles. The van der Waals surface area contributed by atoms with Crippen molar-refractivity contribution in [1.82, 2.24) is 19.6 Å². The fourth-order valence-corrected chi connectivity index (χ4v) is 4.97. The molecule has 0 saturated carbocycles. The van der Waals surface area contributed by atoms with Crippen LogP contribution < -0.4 is 15.0 Å². The maximum atomic E-state index is 12.8. The maximum Gasteiger partial charge on any atom is 0.246 e. The average molecular weight is 656 g/mol. The Morgan fingerprint density at radius 1 is 1.19 bits per heavy atom. The number of rotatable bonds is 8. The summed E-state index contributed by atoms with van der Waals surface area (Å²) in [6, 6.07) is 7.03. The molecule has 13 heteroatoms. The van der Waals surface area contributed by atoms with Crippen LogP contribution in [-0.4, -0.2) is 59.3 Å². The van der Waals surface area contributed by atoms with E-state index in [0.717, 1.165) is 36.2 Å². The van der Waals surface area contributed by atoms with E-state index in [1.807, 2.05) is 29.7 Å². The molecular weight excluding hydrogens is 628 g/mol. The molecule has 1 fully saturated rings. The topological polar surface area (TPSA) is 79.2 Å². The molecule has 1 N–H and O–H groups in total. The number of benzene rings is 1. The average Bonchev–Trinajstić information content (AvgIpc) is 3.45. The van der Waals surface area contributed by atoms with Gasteiger partial charge in [-0.3, -0.25) is 18.9 Å². The van der Waals surface area contributed by atoms with Gasteiger partial charge in [0.25, 0.3) is 0 Å². The van der Waals surface area contributed by atoms with Crippen molar-refractivity contribution in [2.45, 2.75) is 26.4 Å². The second kappa shape index (κ2) is 13.9. The zero-order valence-electron chi connectivity index (χ0n) is 20.3. The fourth-order valence-electron chi connectivity index (χ4n) is 3.99. The normalized spacial score (nSPS) is 13.1. The Morgan fingerprint density at radius 3 is 2.59 bits per heavy atom. The van der Waals surface area contributed by atoms with Gasteiger partial charge in [0, 0.05) is 23.8 Å². The summed E-state index contributed by atoms with van der Waals surface area (Å²) in [6.07, 6.45) is 4.09. The number of likely N-dealkylation sites (N-methyl/N-ethyl adjacent to an activating group) is 1. The van der Waals surface area contributed by atoms with Crippen LogP contribution in [0, 0.1) is 6.92 Å². The summed E-state index contributed by atoms with van der Waals surface area (Å²) in [7, 11) is 1.61. The second-order valence-corrected chi connectivity index (χ2v) is 9.95. The number of likely N-dealkylation sites (tertiary alicyclic amines) is 1. The Hall–Kier alpha value is -1.75. The smallest absolute Gasteiger partial charge is 0.246 e. The first-order chi connectivity index (χ1) is 16.8. The lowest BCUT2D eigenvalue weighted by Gasteiger charge is -2.22. The molecule has 0 bridgehead atoms. The molecule has 0 radical (unpaired) electrons. The van der Waals surface area contributed by atoms with Crippen LogP contribution in [0.2, 0.25) is 10.0 Å². The number of imidazole rings is 1. The molecule has 1 aliphatic rings.